The Kier molecular flexibility index (Phi) is 6.20. The number of hydrogen-bond donors (Lipinski definition) is 1. The minimum absolute atomic E-state index is 0.0773. The first-order chi connectivity index (χ1) is 11.8. The maximum atomic E-state index is 12.1. The molecule has 1 N–H and O–H groups in total. The van der Waals surface area contributed by atoms with Gasteiger partial charge < -0.3 is 5.32 Å². The molecule has 0 heterocycles. The van der Waals surface area contributed by atoms with Crippen LogP contribution in [-0.4, -0.2) is 27.1 Å². The summed E-state index contributed by atoms with van der Waals surface area (Å²) in [6.07, 6.45) is 1.23. The predicted molar refractivity (Wildman–Crippen MR) is 102 cm³/mol. The van der Waals surface area contributed by atoms with E-state index in [1.807, 2.05) is 30.3 Å². The molecule has 0 fully saturated rings. The first-order valence-corrected chi connectivity index (χ1v) is 10.0. The Hall–Kier alpha value is -2.34. The van der Waals surface area contributed by atoms with Gasteiger partial charge in [-0.3, -0.25) is 9.10 Å². The fraction of sp³-hybridized carbons (Fsp3) is 0.316. The van der Waals surface area contributed by atoms with Crippen LogP contribution in [0, 0.1) is 0 Å². The Bertz CT molecular complexity index is 800. The van der Waals surface area contributed by atoms with Gasteiger partial charge >= 0.3 is 0 Å². The summed E-state index contributed by atoms with van der Waals surface area (Å²) < 4.78 is 25.5. The number of nitrogens with one attached hydrogen (secondary N) is 1. The van der Waals surface area contributed by atoms with Gasteiger partial charge in [-0.2, -0.15) is 0 Å². The Balaban J connectivity index is 2.07. The largest absolute Gasteiger partial charge is 0.326 e. The summed E-state index contributed by atoms with van der Waals surface area (Å²) in [6.45, 7) is 4.26. The van der Waals surface area contributed by atoms with Crippen LogP contribution in [0.5, 0.6) is 0 Å². The normalized spacial score (nSPS) is 11.4. The third kappa shape index (κ3) is 5.60. The highest BCUT2D eigenvalue weighted by atomic mass is 32.2. The number of nitrogens with zero attached hydrogens (tertiary/aromatic N) is 1. The summed E-state index contributed by atoms with van der Waals surface area (Å²) in [6, 6.07) is 16.5. The van der Waals surface area contributed by atoms with Crippen LogP contribution >= 0.6 is 0 Å². The van der Waals surface area contributed by atoms with Crippen LogP contribution in [0.4, 0.5) is 11.4 Å². The second-order valence-electron chi connectivity index (χ2n) is 6.25. The van der Waals surface area contributed by atoms with Crippen LogP contribution in [0.25, 0.3) is 0 Å². The van der Waals surface area contributed by atoms with Gasteiger partial charge in [-0.1, -0.05) is 44.2 Å². The SMILES string of the molecule is CC(C)c1ccc(N(CCC(=O)Nc2ccccc2)S(C)(=O)=O)cc1. The van der Waals surface area contributed by atoms with Crippen molar-refractivity contribution in [1.29, 1.82) is 0 Å². The van der Waals surface area contributed by atoms with E-state index >= 15 is 0 Å². The van der Waals surface area contributed by atoms with Crippen LogP contribution in [-0.2, 0) is 14.8 Å². The summed E-state index contributed by atoms with van der Waals surface area (Å²) in [5.74, 6) is 0.149. The molecule has 0 atom stereocenters. The lowest BCUT2D eigenvalue weighted by Gasteiger charge is -2.22. The molecule has 5 nitrogen and oxygen atoms in total. The van der Waals surface area contributed by atoms with E-state index in [0.29, 0.717) is 17.3 Å². The summed E-state index contributed by atoms with van der Waals surface area (Å²) >= 11 is 0. The summed E-state index contributed by atoms with van der Waals surface area (Å²) in [5.41, 5.74) is 2.40. The molecule has 134 valence electrons. The molecular weight excluding hydrogens is 336 g/mol. The number of hydrogen-bond acceptors (Lipinski definition) is 3. The van der Waals surface area contributed by atoms with E-state index in [9.17, 15) is 13.2 Å². The summed E-state index contributed by atoms with van der Waals surface area (Å²) in [7, 11) is -3.47. The maximum absolute atomic E-state index is 12.1. The van der Waals surface area contributed by atoms with Gasteiger partial charge in [0.05, 0.1) is 11.9 Å². The number of sulfonamides is 1. The Labute approximate surface area is 149 Å². The minimum Gasteiger partial charge on any atom is -0.326 e. The molecular formula is C19H24N2O3S. The number of amides is 1. The highest BCUT2D eigenvalue weighted by Crippen LogP contribution is 2.22. The van der Waals surface area contributed by atoms with E-state index < -0.39 is 10.0 Å². The maximum Gasteiger partial charge on any atom is 0.232 e. The number of rotatable bonds is 7. The predicted octanol–water partition coefficient (Wildman–Crippen LogP) is 3.60. The van der Waals surface area contributed by atoms with E-state index in [1.165, 1.54) is 4.31 Å². The molecule has 6 heteroatoms. The molecule has 0 saturated heterocycles. The third-order valence-electron chi connectivity index (χ3n) is 3.85. The second-order valence-corrected chi connectivity index (χ2v) is 8.15. The van der Waals surface area contributed by atoms with Crippen molar-refractivity contribution in [2.45, 2.75) is 26.2 Å². The van der Waals surface area contributed by atoms with Crippen molar-refractivity contribution in [2.24, 2.45) is 0 Å². The highest BCUT2D eigenvalue weighted by Gasteiger charge is 2.18. The monoisotopic (exact) mass is 360 g/mol. The minimum atomic E-state index is -3.47. The van der Waals surface area contributed by atoms with Crippen molar-refractivity contribution in [2.75, 3.05) is 22.4 Å². The van der Waals surface area contributed by atoms with Crippen LogP contribution in [0.15, 0.2) is 54.6 Å². The number of carbonyl (C=O) groups is 1. The van der Waals surface area contributed by atoms with Crippen molar-refractivity contribution in [1.82, 2.24) is 0 Å². The molecule has 0 saturated carbocycles. The second kappa shape index (κ2) is 8.16. The first kappa shape index (κ1) is 19.0. The molecule has 0 radical (unpaired) electrons. The van der Waals surface area contributed by atoms with Crippen molar-refractivity contribution in [3.8, 4) is 0 Å². The number of carbonyl (C=O) groups excluding carboxylic acids is 1. The molecule has 0 aliphatic heterocycles. The van der Waals surface area contributed by atoms with E-state index in [0.717, 1.165) is 11.8 Å². The van der Waals surface area contributed by atoms with Crippen molar-refractivity contribution in [3.63, 3.8) is 0 Å². The van der Waals surface area contributed by atoms with E-state index in [2.05, 4.69) is 19.2 Å². The van der Waals surface area contributed by atoms with E-state index in [-0.39, 0.29) is 18.9 Å². The number of benzene rings is 2. The highest BCUT2D eigenvalue weighted by molar-refractivity contribution is 7.92. The Morgan fingerprint density at radius 1 is 1.04 bits per heavy atom. The summed E-state index contributed by atoms with van der Waals surface area (Å²) in [4.78, 5) is 12.1. The summed E-state index contributed by atoms with van der Waals surface area (Å²) in [5, 5.41) is 2.76. The van der Waals surface area contributed by atoms with Crippen molar-refractivity contribution >= 4 is 27.3 Å². The zero-order chi connectivity index (χ0) is 18.4. The molecule has 0 unspecified atom stereocenters. The molecule has 2 aromatic carbocycles. The zero-order valence-corrected chi connectivity index (χ0v) is 15.6. The van der Waals surface area contributed by atoms with Gasteiger partial charge in [0.1, 0.15) is 0 Å². The van der Waals surface area contributed by atoms with Gasteiger partial charge in [0.2, 0.25) is 15.9 Å². The average Bonchev–Trinajstić information content (AvgIpc) is 2.55. The van der Waals surface area contributed by atoms with Gasteiger partial charge in [0.15, 0.2) is 0 Å². The first-order valence-electron chi connectivity index (χ1n) is 8.20. The lowest BCUT2D eigenvalue weighted by molar-refractivity contribution is -0.116. The van der Waals surface area contributed by atoms with Crippen LogP contribution in [0.2, 0.25) is 0 Å². The topological polar surface area (TPSA) is 66.5 Å². The van der Waals surface area contributed by atoms with Crippen LogP contribution in [0.1, 0.15) is 31.7 Å². The zero-order valence-electron chi connectivity index (χ0n) is 14.8. The molecule has 2 rings (SSSR count). The molecule has 25 heavy (non-hydrogen) atoms. The average molecular weight is 360 g/mol. The molecule has 0 aliphatic carbocycles. The molecule has 1 amide bonds. The smallest absolute Gasteiger partial charge is 0.232 e. The molecule has 0 aromatic heterocycles. The standard InChI is InChI=1S/C19H24N2O3S/c1-15(2)16-9-11-18(12-10-16)21(25(3,23)24)14-13-19(22)20-17-7-5-4-6-8-17/h4-12,15H,13-14H2,1-3H3,(H,20,22). The third-order valence-corrected chi connectivity index (χ3v) is 5.04. The van der Waals surface area contributed by atoms with Crippen LogP contribution in [0.3, 0.4) is 0 Å². The van der Waals surface area contributed by atoms with Gasteiger partial charge in [-0.05, 0) is 35.7 Å². The molecule has 0 aliphatic rings. The van der Waals surface area contributed by atoms with Gasteiger partial charge in [0.25, 0.3) is 0 Å². The van der Waals surface area contributed by atoms with Crippen LogP contribution < -0.4 is 9.62 Å². The molecule has 0 spiro atoms. The van der Waals surface area contributed by atoms with Gasteiger partial charge in [-0.15, -0.1) is 0 Å². The number of anilines is 2. The quantitative estimate of drug-likeness (QED) is 0.820. The lowest BCUT2D eigenvalue weighted by atomic mass is 10.0. The lowest BCUT2D eigenvalue weighted by Crippen LogP contribution is -2.33. The van der Waals surface area contributed by atoms with E-state index in [4.69, 9.17) is 0 Å². The van der Waals surface area contributed by atoms with E-state index in [1.54, 1.807) is 24.3 Å². The van der Waals surface area contributed by atoms with Crippen molar-refractivity contribution < 1.29 is 13.2 Å². The fourth-order valence-electron chi connectivity index (χ4n) is 2.46. The van der Waals surface area contributed by atoms with Crippen molar-refractivity contribution in [3.05, 3.63) is 60.2 Å². The fourth-order valence-corrected chi connectivity index (χ4v) is 3.39. The molecule has 0 bridgehead atoms. The molecule has 2 aromatic rings. The number of para-hydroxylation sites is 1. The Morgan fingerprint density at radius 3 is 2.16 bits per heavy atom. The van der Waals surface area contributed by atoms with Gasteiger partial charge in [-0.25, -0.2) is 8.42 Å². The van der Waals surface area contributed by atoms with Gasteiger partial charge in [0, 0.05) is 18.7 Å². The Morgan fingerprint density at radius 2 is 1.64 bits per heavy atom.